The van der Waals surface area contributed by atoms with Gasteiger partial charge < -0.3 is 0 Å². The van der Waals surface area contributed by atoms with E-state index in [4.69, 9.17) is 0 Å². The van der Waals surface area contributed by atoms with Gasteiger partial charge in [0.15, 0.2) is 17.4 Å². The maximum Gasteiger partial charge on any atom is 0 e. The van der Waals surface area contributed by atoms with E-state index in [0.717, 1.165) is 0 Å². The van der Waals surface area contributed by atoms with Gasteiger partial charge in [0.2, 0.25) is 0 Å². The average Bonchev–Trinajstić information content (AvgIpc) is 0. The number of hydrogen-bond acceptors (Lipinski definition) is 0. The first kappa shape index (κ1) is 26.6. The molecule has 0 nitrogen and oxygen atoms in total. The van der Waals surface area contributed by atoms with Gasteiger partial charge in [-0.15, -0.1) is 0 Å². The smallest absolute Gasteiger partial charge is 0 e. The molecule has 0 aliphatic rings. The molecule has 21 valence electrons. The van der Waals surface area contributed by atoms with Crippen molar-refractivity contribution in [3.63, 3.8) is 0 Å². The summed E-state index contributed by atoms with van der Waals surface area (Å²) in [5.74, 6) is 0. The molecular weight excluding hydrogens is 195 g/mol. The topological polar surface area (TPSA) is 0 Å². The van der Waals surface area contributed by atoms with E-state index >= 15 is 0 Å². The van der Waals surface area contributed by atoms with Gasteiger partial charge in [-0.25, -0.2) is 0 Å². The van der Waals surface area contributed by atoms with Crippen LogP contribution in [0.3, 0.4) is 0 Å². The second-order valence-corrected chi connectivity index (χ2v) is 0. The Balaban J connectivity index is 0. The molecule has 0 N–H and O–H groups in total. The molecule has 0 saturated carbocycles. The van der Waals surface area contributed by atoms with Crippen LogP contribution < -0.4 is 0 Å². The predicted molar refractivity (Wildman–Crippen MR) is 17.1 cm³/mol. The molecule has 0 aromatic carbocycles. The van der Waals surface area contributed by atoms with Crippen molar-refractivity contribution < 1.29 is 36.5 Å². The van der Waals surface area contributed by atoms with Crippen molar-refractivity contribution in [1.82, 2.24) is 0 Å². The molecule has 0 saturated heterocycles. The monoisotopic (exact) mass is 197 g/mol. The first-order valence-electron chi connectivity index (χ1n) is 0. The second kappa shape index (κ2) is 16.2. The first-order valence-corrected chi connectivity index (χ1v) is 0. The summed E-state index contributed by atoms with van der Waals surface area (Å²) >= 11 is 0. The zero-order valence-corrected chi connectivity index (χ0v) is 4.92. The van der Waals surface area contributed by atoms with Crippen molar-refractivity contribution in [3.8, 4) is 0 Å². The summed E-state index contributed by atoms with van der Waals surface area (Å²) in [6.45, 7) is 0. The van der Waals surface area contributed by atoms with Gasteiger partial charge in [0.1, 0.15) is 0 Å². The van der Waals surface area contributed by atoms with Crippen molar-refractivity contribution in [3.05, 3.63) is 0 Å². The normalized spacial score (nSPS) is 0. The van der Waals surface area contributed by atoms with E-state index in [1.807, 2.05) is 0 Å². The standard InChI is InChI=1S/Al.Cu.K.Zn.4H. The SMILES string of the molecule is [AlH3].[Cu].[KH].[Zn]. The summed E-state index contributed by atoms with van der Waals surface area (Å²) in [4.78, 5) is 0. The van der Waals surface area contributed by atoms with E-state index in [-0.39, 0.29) is 105 Å². The molecule has 0 bridgehead atoms. The molecule has 0 heterocycles. The molecule has 0 spiro atoms. The van der Waals surface area contributed by atoms with Gasteiger partial charge >= 0.3 is 51.4 Å². The van der Waals surface area contributed by atoms with Gasteiger partial charge in [-0.2, -0.15) is 0 Å². The minimum absolute atomic E-state index is 0. The molecule has 0 aromatic heterocycles. The van der Waals surface area contributed by atoms with Crippen molar-refractivity contribution in [1.29, 1.82) is 0 Å². The van der Waals surface area contributed by atoms with Crippen LogP contribution in [-0.2, 0) is 36.5 Å². The van der Waals surface area contributed by atoms with Crippen molar-refractivity contribution >= 4 is 68.7 Å². The van der Waals surface area contributed by atoms with Crippen LogP contribution in [0.2, 0.25) is 0 Å². The zero-order chi connectivity index (χ0) is 0. The number of rotatable bonds is 0. The van der Waals surface area contributed by atoms with E-state index in [1.165, 1.54) is 0 Å². The molecule has 0 fully saturated rings. The summed E-state index contributed by atoms with van der Waals surface area (Å²) < 4.78 is 0. The Bertz CT molecular complexity index is 8.00. The zero-order valence-electron chi connectivity index (χ0n) is 1.01. The van der Waals surface area contributed by atoms with Crippen molar-refractivity contribution in [2.45, 2.75) is 0 Å². The summed E-state index contributed by atoms with van der Waals surface area (Å²) in [6, 6.07) is 0. The fraction of sp³-hybridized carbons (Fsp3) is 0. The fourth-order valence-corrected chi connectivity index (χ4v) is 0. The van der Waals surface area contributed by atoms with Crippen molar-refractivity contribution in [2.75, 3.05) is 0 Å². The fourth-order valence-electron chi connectivity index (χ4n) is 0. The Morgan fingerprint density at radius 3 is 1.00 bits per heavy atom. The van der Waals surface area contributed by atoms with Gasteiger partial charge in [-0.1, -0.05) is 0 Å². The maximum atomic E-state index is 0. The molecule has 0 rings (SSSR count). The summed E-state index contributed by atoms with van der Waals surface area (Å²) in [7, 11) is 0. The van der Waals surface area contributed by atoms with E-state index in [1.54, 1.807) is 0 Å². The van der Waals surface area contributed by atoms with E-state index in [2.05, 4.69) is 0 Å². The van der Waals surface area contributed by atoms with Gasteiger partial charge in [-0.05, 0) is 0 Å². The largest absolute Gasteiger partial charge is 0 e. The molecule has 4 heteroatoms. The van der Waals surface area contributed by atoms with Crippen LogP contribution in [0.5, 0.6) is 0 Å². The Morgan fingerprint density at radius 2 is 1.00 bits per heavy atom. The maximum absolute atomic E-state index is 0. The Hall–Kier alpha value is 3.31. The third-order valence-corrected chi connectivity index (χ3v) is 0. The predicted octanol–water partition coefficient (Wildman–Crippen LogP) is -1.84. The molecule has 0 atom stereocenters. The minimum atomic E-state index is 0. The van der Waals surface area contributed by atoms with Gasteiger partial charge in [0.25, 0.3) is 0 Å². The van der Waals surface area contributed by atoms with Crippen LogP contribution in [-0.4, -0.2) is 68.7 Å². The minimum Gasteiger partial charge on any atom is 0 e. The molecule has 1 radical (unpaired) electrons. The quantitative estimate of drug-likeness (QED) is 0.402. The van der Waals surface area contributed by atoms with Crippen LogP contribution in [0.1, 0.15) is 0 Å². The second-order valence-electron chi connectivity index (χ2n) is 0. The summed E-state index contributed by atoms with van der Waals surface area (Å²) in [5, 5.41) is 0. The molecule has 0 aliphatic heterocycles. The Kier molecular flexibility index (Phi) is 108. The molecule has 0 aliphatic carbocycles. The summed E-state index contributed by atoms with van der Waals surface area (Å²) in [5.41, 5.74) is 0. The third kappa shape index (κ3) is 9.00. The van der Waals surface area contributed by atoms with Crippen molar-refractivity contribution in [2.24, 2.45) is 0 Å². The molecule has 0 aromatic rings. The molecule has 4 heavy (non-hydrogen) atoms. The first-order chi connectivity index (χ1) is 0. The van der Waals surface area contributed by atoms with Gasteiger partial charge in [0.05, 0.1) is 0 Å². The average molecular weight is 199 g/mol. The molecule has 0 unspecified atom stereocenters. The third-order valence-electron chi connectivity index (χ3n) is 0. The van der Waals surface area contributed by atoms with Crippen LogP contribution >= 0.6 is 0 Å². The molecule has 0 amide bonds. The van der Waals surface area contributed by atoms with E-state index < -0.39 is 0 Å². The number of hydrogen-bond donors (Lipinski definition) is 0. The Morgan fingerprint density at radius 1 is 1.00 bits per heavy atom. The molecular formula is H4AlCuKZn. The summed E-state index contributed by atoms with van der Waals surface area (Å²) in [6.07, 6.45) is 0. The van der Waals surface area contributed by atoms with Crippen LogP contribution in [0.25, 0.3) is 0 Å². The van der Waals surface area contributed by atoms with Crippen LogP contribution in [0, 0.1) is 0 Å². The van der Waals surface area contributed by atoms with E-state index in [0.29, 0.717) is 0 Å². The van der Waals surface area contributed by atoms with E-state index in [9.17, 15) is 0 Å². The van der Waals surface area contributed by atoms with Crippen LogP contribution in [0.4, 0.5) is 0 Å². The van der Waals surface area contributed by atoms with Crippen LogP contribution in [0.15, 0.2) is 0 Å². The Labute approximate surface area is 103 Å². The van der Waals surface area contributed by atoms with Gasteiger partial charge in [-0.3, -0.25) is 0 Å². The van der Waals surface area contributed by atoms with Gasteiger partial charge in [0, 0.05) is 36.5 Å².